The topological polar surface area (TPSA) is 78.9 Å². The van der Waals surface area contributed by atoms with Crippen molar-refractivity contribution in [2.24, 2.45) is 0 Å². The highest BCUT2D eigenvalue weighted by Gasteiger charge is 2.19. The Morgan fingerprint density at radius 1 is 0.290 bits per heavy atom. The lowest BCUT2D eigenvalue weighted by Crippen LogP contribution is -2.30. The standard InChI is InChI=1S/C63H116O6/c1-4-7-10-13-16-19-22-24-26-28-30-31-33-34-36-38-41-44-47-50-53-56-62(65)68-59-60(58-67-61(64)55-52-49-46-43-40-21-18-15-12-9-6-3)69-63(66)57-54-51-48-45-42-39-37-35-32-29-27-25-23-20-17-14-11-8-5-2/h17,20,24-27,60H,4-16,18-19,21-23,28-59H2,1-3H3/b20-17-,26-24-,27-25-/t60-/m0/s1. The second-order valence-electron chi connectivity index (χ2n) is 20.6. The number of hydrogen-bond acceptors (Lipinski definition) is 6. The molecule has 6 heteroatoms. The van der Waals surface area contributed by atoms with Gasteiger partial charge in [0.1, 0.15) is 13.2 Å². The van der Waals surface area contributed by atoms with E-state index in [4.69, 9.17) is 14.2 Å². The van der Waals surface area contributed by atoms with Crippen molar-refractivity contribution < 1.29 is 28.6 Å². The average molecular weight is 970 g/mol. The fourth-order valence-corrected chi connectivity index (χ4v) is 9.00. The van der Waals surface area contributed by atoms with Gasteiger partial charge in [0.25, 0.3) is 0 Å². The Balaban J connectivity index is 4.27. The summed E-state index contributed by atoms with van der Waals surface area (Å²) < 4.78 is 16.9. The number of carbonyl (C=O) groups excluding carboxylic acids is 3. The molecule has 0 spiro atoms. The van der Waals surface area contributed by atoms with Crippen LogP contribution < -0.4 is 0 Å². The van der Waals surface area contributed by atoms with Crippen molar-refractivity contribution in [1.82, 2.24) is 0 Å². The van der Waals surface area contributed by atoms with E-state index in [-0.39, 0.29) is 31.1 Å². The van der Waals surface area contributed by atoms with Crippen LogP contribution in [-0.2, 0) is 28.6 Å². The molecule has 0 amide bonds. The number of carbonyl (C=O) groups is 3. The molecule has 0 bridgehead atoms. The van der Waals surface area contributed by atoms with E-state index in [0.29, 0.717) is 19.3 Å². The summed E-state index contributed by atoms with van der Waals surface area (Å²) in [6.45, 7) is 6.65. The van der Waals surface area contributed by atoms with Crippen LogP contribution in [0.4, 0.5) is 0 Å². The maximum atomic E-state index is 12.9. The summed E-state index contributed by atoms with van der Waals surface area (Å²) in [5.41, 5.74) is 0. The largest absolute Gasteiger partial charge is 0.462 e. The van der Waals surface area contributed by atoms with Crippen molar-refractivity contribution in [2.75, 3.05) is 13.2 Å². The summed E-state index contributed by atoms with van der Waals surface area (Å²) in [7, 11) is 0. The molecule has 0 aliphatic carbocycles. The van der Waals surface area contributed by atoms with Gasteiger partial charge in [0, 0.05) is 19.3 Å². The zero-order valence-electron chi connectivity index (χ0n) is 46.3. The SMILES string of the molecule is CCCCC/C=C\C/C=C\CCCCCCCCCCCC(=O)O[C@@H](COC(=O)CCCCCCCCCCCCC)COC(=O)CCCCCCCCCCCCC/C=C\CCCCCCCC. The van der Waals surface area contributed by atoms with Gasteiger partial charge in [-0.25, -0.2) is 0 Å². The van der Waals surface area contributed by atoms with Gasteiger partial charge in [-0.15, -0.1) is 0 Å². The van der Waals surface area contributed by atoms with Gasteiger partial charge in [-0.3, -0.25) is 14.4 Å². The van der Waals surface area contributed by atoms with Gasteiger partial charge in [-0.05, 0) is 77.0 Å². The molecule has 1 atom stereocenters. The van der Waals surface area contributed by atoms with Crippen LogP contribution in [-0.4, -0.2) is 37.2 Å². The molecule has 0 heterocycles. The summed E-state index contributed by atoms with van der Waals surface area (Å²) in [6.07, 6.45) is 70.0. The fraction of sp³-hybridized carbons (Fsp3) is 0.857. The first-order valence-corrected chi connectivity index (χ1v) is 30.5. The molecule has 0 radical (unpaired) electrons. The first-order chi connectivity index (χ1) is 34.0. The smallest absolute Gasteiger partial charge is 0.306 e. The molecule has 0 fully saturated rings. The predicted molar refractivity (Wildman–Crippen MR) is 298 cm³/mol. The minimum Gasteiger partial charge on any atom is -0.462 e. The molecule has 0 aromatic rings. The number of ether oxygens (including phenoxy) is 3. The van der Waals surface area contributed by atoms with Crippen molar-refractivity contribution in [1.29, 1.82) is 0 Å². The van der Waals surface area contributed by atoms with Crippen LogP contribution in [0.2, 0.25) is 0 Å². The number of allylic oxidation sites excluding steroid dienone is 6. The van der Waals surface area contributed by atoms with Crippen molar-refractivity contribution in [2.45, 2.75) is 335 Å². The molecule has 0 aliphatic rings. The minimum atomic E-state index is -0.771. The van der Waals surface area contributed by atoms with E-state index >= 15 is 0 Å². The Morgan fingerprint density at radius 2 is 0.522 bits per heavy atom. The molecule has 69 heavy (non-hydrogen) atoms. The van der Waals surface area contributed by atoms with Crippen LogP contribution in [0.3, 0.4) is 0 Å². The van der Waals surface area contributed by atoms with Gasteiger partial charge in [-0.1, -0.05) is 269 Å². The third kappa shape index (κ3) is 56.4. The first kappa shape index (κ1) is 66.6. The third-order valence-electron chi connectivity index (χ3n) is 13.6. The van der Waals surface area contributed by atoms with E-state index in [1.807, 2.05) is 0 Å². The van der Waals surface area contributed by atoms with Crippen LogP contribution in [0.1, 0.15) is 329 Å². The normalized spacial score (nSPS) is 12.2. The van der Waals surface area contributed by atoms with Crippen LogP contribution >= 0.6 is 0 Å². The van der Waals surface area contributed by atoms with Crippen molar-refractivity contribution in [3.8, 4) is 0 Å². The third-order valence-corrected chi connectivity index (χ3v) is 13.6. The van der Waals surface area contributed by atoms with E-state index in [2.05, 4.69) is 57.2 Å². The van der Waals surface area contributed by atoms with Crippen LogP contribution in [0.5, 0.6) is 0 Å². The Kier molecular flexibility index (Phi) is 56.2. The quantitative estimate of drug-likeness (QED) is 0.0261. The van der Waals surface area contributed by atoms with E-state index < -0.39 is 6.10 Å². The Morgan fingerprint density at radius 3 is 0.841 bits per heavy atom. The molecular formula is C63H116O6. The lowest BCUT2D eigenvalue weighted by molar-refractivity contribution is -0.167. The van der Waals surface area contributed by atoms with E-state index in [1.165, 1.54) is 225 Å². The summed E-state index contributed by atoms with van der Waals surface area (Å²) in [4.78, 5) is 38.2. The number of esters is 3. The second kappa shape index (κ2) is 58.2. The molecule has 0 rings (SSSR count). The summed E-state index contributed by atoms with van der Waals surface area (Å²) in [5.74, 6) is -0.856. The van der Waals surface area contributed by atoms with Gasteiger partial charge in [0.15, 0.2) is 6.10 Å². The molecule has 0 aromatic heterocycles. The van der Waals surface area contributed by atoms with E-state index in [9.17, 15) is 14.4 Å². The minimum absolute atomic E-state index is 0.0700. The lowest BCUT2D eigenvalue weighted by atomic mass is 10.0. The summed E-state index contributed by atoms with van der Waals surface area (Å²) in [5, 5.41) is 0. The van der Waals surface area contributed by atoms with Crippen molar-refractivity contribution in [3.05, 3.63) is 36.5 Å². The van der Waals surface area contributed by atoms with Crippen LogP contribution in [0, 0.1) is 0 Å². The van der Waals surface area contributed by atoms with Crippen molar-refractivity contribution >= 4 is 17.9 Å². The van der Waals surface area contributed by atoms with Gasteiger partial charge >= 0.3 is 17.9 Å². The van der Waals surface area contributed by atoms with Crippen molar-refractivity contribution in [3.63, 3.8) is 0 Å². The highest BCUT2D eigenvalue weighted by atomic mass is 16.6. The summed E-state index contributed by atoms with van der Waals surface area (Å²) >= 11 is 0. The van der Waals surface area contributed by atoms with Crippen LogP contribution in [0.25, 0.3) is 0 Å². The lowest BCUT2D eigenvalue weighted by Gasteiger charge is -2.18. The fourth-order valence-electron chi connectivity index (χ4n) is 9.00. The molecule has 0 saturated carbocycles. The van der Waals surface area contributed by atoms with Gasteiger partial charge in [-0.2, -0.15) is 0 Å². The number of rotatable bonds is 56. The molecule has 6 nitrogen and oxygen atoms in total. The van der Waals surface area contributed by atoms with Gasteiger partial charge in [0.05, 0.1) is 0 Å². The van der Waals surface area contributed by atoms with E-state index in [0.717, 1.165) is 64.2 Å². The molecule has 0 unspecified atom stereocenters. The predicted octanol–water partition coefficient (Wildman–Crippen LogP) is 20.4. The second-order valence-corrected chi connectivity index (χ2v) is 20.6. The Hall–Kier alpha value is -2.37. The number of hydrogen-bond donors (Lipinski definition) is 0. The molecule has 0 aliphatic heterocycles. The highest BCUT2D eigenvalue weighted by molar-refractivity contribution is 5.71. The monoisotopic (exact) mass is 969 g/mol. The van der Waals surface area contributed by atoms with Crippen LogP contribution in [0.15, 0.2) is 36.5 Å². The molecular weight excluding hydrogens is 853 g/mol. The zero-order chi connectivity index (χ0) is 50.0. The zero-order valence-corrected chi connectivity index (χ0v) is 46.3. The maximum Gasteiger partial charge on any atom is 0.306 e. The summed E-state index contributed by atoms with van der Waals surface area (Å²) in [6, 6.07) is 0. The highest BCUT2D eigenvalue weighted by Crippen LogP contribution is 2.17. The van der Waals surface area contributed by atoms with Gasteiger partial charge in [0.2, 0.25) is 0 Å². The van der Waals surface area contributed by atoms with Gasteiger partial charge < -0.3 is 14.2 Å². The Bertz CT molecular complexity index is 1160. The number of unbranched alkanes of at least 4 members (excludes halogenated alkanes) is 39. The molecule has 0 N–H and O–H groups in total. The first-order valence-electron chi connectivity index (χ1n) is 30.5. The Labute approximate surface area is 429 Å². The maximum absolute atomic E-state index is 12.9. The molecule has 0 aromatic carbocycles. The van der Waals surface area contributed by atoms with E-state index in [1.54, 1.807) is 0 Å². The molecule has 404 valence electrons. The molecule has 0 saturated heterocycles. The average Bonchev–Trinajstić information content (AvgIpc) is 3.35.